The molecule has 3 rings (SSSR count). The maximum atomic E-state index is 10.2. The van der Waals surface area contributed by atoms with Crippen molar-refractivity contribution in [3.8, 4) is 5.88 Å². The number of aromatic hydroxyl groups is 1. The Morgan fingerprint density at radius 3 is 2.30 bits per heavy atom. The van der Waals surface area contributed by atoms with Gasteiger partial charge < -0.3 is 39.8 Å². The van der Waals surface area contributed by atoms with Crippen LogP contribution in [0.1, 0.15) is 20.1 Å². The largest absolute Gasteiger partial charge is 0.510 e. The van der Waals surface area contributed by atoms with Crippen molar-refractivity contribution in [2.24, 2.45) is 0 Å². The summed E-state index contributed by atoms with van der Waals surface area (Å²) in [5, 5.41) is 39.9. The van der Waals surface area contributed by atoms with Gasteiger partial charge in [-0.25, -0.2) is 14.5 Å². The molecule has 1 aliphatic heterocycles. The van der Waals surface area contributed by atoms with Crippen LogP contribution in [0.15, 0.2) is 24.0 Å². The van der Waals surface area contributed by atoms with Crippen molar-refractivity contribution in [2.75, 3.05) is 0 Å². The summed E-state index contributed by atoms with van der Waals surface area (Å²) >= 11 is 0. The summed E-state index contributed by atoms with van der Waals surface area (Å²) in [5.41, 5.74) is 0.983. The molecule has 0 saturated carbocycles. The van der Waals surface area contributed by atoms with E-state index in [2.05, 4.69) is 15.0 Å². The van der Waals surface area contributed by atoms with Crippen molar-refractivity contribution in [1.29, 1.82) is 0 Å². The SMILES string of the molecule is CC(C)=C(O)[C@H]1O[C@@H](n2cnc3c(O)ncnc32)[C@H](O)[C@@H]1O.O=P(O)(O)O. The predicted molar refractivity (Wildman–Crippen MR) is 88.2 cm³/mol. The maximum Gasteiger partial charge on any atom is 0.466 e. The Kier molecular flexibility index (Phi) is 6.17. The van der Waals surface area contributed by atoms with E-state index in [-0.39, 0.29) is 22.8 Å². The molecule has 1 aliphatic rings. The monoisotopic (exact) mass is 406 g/mol. The molecular weight excluding hydrogens is 387 g/mol. The third-order valence-electron chi connectivity index (χ3n) is 3.63. The van der Waals surface area contributed by atoms with E-state index >= 15 is 0 Å². The normalized spacial score (nSPS) is 25.1. The maximum absolute atomic E-state index is 10.2. The minimum atomic E-state index is -4.64. The first kappa shape index (κ1) is 21.2. The zero-order chi connectivity index (χ0) is 20.5. The molecule has 13 nitrogen and oxygen atoms in total. The molecule has 14 heteroatoms. The summed E-state index contributed by atoms with van der Waals surface area (Å²) in [6.07, 6.45) is -2.16. The summed E-state index contributed by atoms with van der Waals surface area (Å²) in [6.45, 7) is 3.34. The zero-order valence-corrected chi connectivity index (χ0v) is 15.0. The number of aromatic nitrogens is 4. The topological polar surface area (TPSA) is 212 Å². The van der Waals surface area contributed by atoms with E-state index in [0.29, 0.717) is 5.57 Å². The second kappa shape index (κ2) is 7.86. The smallest absolute Gasteiger partial charge is 0.466 e. The molecule has 0 amide bonds. The lowest BCUT2D eigenvalue weighted by atomic mass is 10.1. The molecule has 0 aliphatic carbocycles. The Bertz CT molecular complexity index is 883. The molecule has 2 aromatic rings. The summed E-state index contributed by atoms with van der Waals surface area (Å²) in [5.74, 6) is -0.420. The Morgan fingerprint density at radius 1 is 1.15 bits per heavy atom. The van der Waals surface area contributed by atoms with Crippen LogP contribution in [0.2, 0.25) is 0 Å². The first-order valence-corrected chi connectivity index (χ1v) is 9.01. The van der Waals surface area contributed by atoms with E-state index in [4.69, 9.17) is 24.0 Å². The molecule has 2 aromatic heterocycles. The van der Waals surface area contributed by atoms with Gasteiger partial charge in [0.25, 0.3) is 0 Å². The molecule has 0 aromatic carbocycles. The highest BCUT2D eigenvalue weighted by atomic mass is 31.2. The number of aliphatic hydroxyl groups is 3. The van der Waals surface area contributed by atoms with E-state index in [1.807, 2.05) is 0 Å². The highest BCUT2D eigenvalue weighted by molar-refractivity contribution is 7.45. The third-order valence-corrected chi connectivity index (χ3v) is 3.63. The second-order valence-corrected chi connectivity index (χ2v) is 6.87. The molecule has 150 valence electrons. The highest BCUT2D eigenvalue weighted by Gasteiger charge is 2.46. The summed E-state index contributed by atoms with van der Waals surface area (Å²) in [7, 11) is -4.64. The summed E-state index contributed by atoms with van der Waals surface area (Å²) < 4.78 is 15.8. The Balaban J connectivity index is 0.000000465. The third kappa shape index (κ3) is 4.78. The number of fused-ring (bicyclic) bond motifs is 1. The van der Waals surface area contributed by atoms with Gasteiger partial charge in [-0.15, -0.1) is 0 Å². The predicted octanol–water partition coefficient (Wildman–Crippen LogP) is -0.926. The van der Waals surface area contributed by atoms with Gasteiger partial charge in [0.2, 0.25) is 5.88 Å². The molecule has 1 saturated heterocycles. The fourth-order valence-electron chi connectivity index (χ4n) is 2.43. The molecule has 0 radical (unpaired) electrons. The van der Waals surface area contributed by atoms with Crippen molar-refractivity contribution < 1.29 is 44.4 Å². The van der Waals surface area contributed by atoms with Gasteiger partial charge in [-0.05, 0) is 19.4 Å². The van der Waals surface area contributed by atoms with Gasteiger partial charge in [0, 0.05) is 0 Å². The van der Waals surface area contributed by atoms with E-state index in [0.717, 1.165) is 6.33 Å². The Morgan fingerprint density at radius 2 is 1.74 bits per heavy atom. The van der Waals surface area contributed by atoms with E-state index in [1.54, 1.807) is 13.8 Å². The van der Waals surface area contributed by atoms with Crippen LogP contribution in [-0.4, -0.2) is 72.9 Å². The minimum Gasteiger partial charge on any atom is -0.510 e. The van der Waals surface area contributed by atoms with Crippen molar-refractivity contribution in [3.05, 3.63) is 24.0 Å². The Labute approximate surface area is 152 Å². The second-order valence-electron chi connectivity index (χ2n) is 5.85. The first-order valence-electron chi connectivity index (χ1n) is 7.44. The van der Waals surface area contributed by atoms with E-state index < -0.39 is 32.4 Å². The number of nitrogens with zero attached hydrogens (tertiary/aromatic N) is 4. The zero-order valence-electron chi connectivity index (χ0n) is 14.1. The molecule has 7 N–H and O–H groups in total. The summed E-state index contributed by atoms with van der Waals surface area (Å²) in [4.78, 5) is 33.1. The molecule has 4 atom stereocenters. The van der Waals surface area contributed by atoms with E-state index in [9.17, 15) is 20.4 Å². The van der Waals surface area contributed by atoms with Crippen molar-refractivity contribution in [1.82, 2.24) is 19.5 Å². The summed E-state index contributed by atoms with van der Waals surface area (Å²) in [6, 6.07) is 0. The highest BCUT2D eigenvalue weighted by Crippen LogP contribution is 2.35. The lowest BCUT2D eigenvalue weighted by Crippen LogP contribution is -2.32. The van der Waals surface area contributed by atoms with Gasteiger partial charge in [-0.2, -0.15) is 4.98 Å². The van der Waals surface area contributed by atoms with Gasteiger partial charge in [0.15, 0.2) is 17.4 Å². The van der Waals surface area contributed by atoms with Crippen molar-refractivity contribution in [2.45, 2.75) is 38.4 Å². The molecule has 3 heterocycles. The van der Waals surface area contributed by atoms with Crippen LogP contribution < -0.4 is 0 Å². The molecular formula is C13H19N4O9P. The van der Waals surface area contributed by atoms with Crippen LogP contribution in [0.25, 0.3) is 11.2 Å². The molecule has 1 fully saturated rings. The van der Waals surface area contributed by atoms with Gasteiger partial charge in [-0.3, -0.25) is 4.57 Å². The fourth-order valence-corrected chi connectivity index (χ4v) is 2.43. The quantitative estimate of drug-likeness (QED) is 0.238. The molecule has 0 unspecified atom stereocenters. The standard InChI is InChI=1S/C13H16N4O5.H3O4P/c1-5(2)7(18)10-8(19)9(20)13(22-10)17-4-16-6-11(17)14-3-15-12(6)21;1-5(2,3)4/h3-4,8-10,13,18-20H,1-2H3,(H,14,15,21);(H3,1,2,3,4)/t8-,9+,10+,13+;/m0./s1. The van der Waals surface area contributed by atoms with Crippen LogP contribution in [0.4, 0.5) is 0 Å². The lowest BCUT2D eigenvalue weighted by Gasteiger charge is -2.16. The van der Waals surface area contributed by atoms with Gasteiger partial charge in [0.1, 0.15) is 30.4 Å². The minimum absolute atomic E-state index is 0.129. The van der Waals surface area contributed by atoms with Crippen LogP contribution >= 0.6 is 7.82 Å². The van der Waals surface area contributed by atoms with Crippen LogP contribution in [-0.2, 0) is 9.30 Å². The number of rotatable bonds is 2. The van der Waals surface area contributed by atoms with Crippen molar-refractivity contribution in [3.63, 3.8) is 0 Å². The van der Waals surface area contributed by atoms with Gasteiger partial charge in [-0.1, -0.05) is 0 Å². The van der Waals surface area contributed by atoms with Crippen LogP contribution in [0, 0.1) is 0 Å². The van der Waals surface area contributed by atoms with Gasteiger partial charge in [0.05, 0.1) is 6.33 Å². The number of hydrogen-bond donors (Lipinski definition) is 7. The number of hydrogen-bond acceptors (Lipinski definition) is 9. The molecule has 0 bridgehead atoms. The average Bonchev–Trinajstić information content (AvgIpc) is 3.09. The Hall–Kier alpha value is -2.12. The van der Waals surface area contributed by atoms with Crippen molar-refractivity contribution >= 4 is 19.0 Å². The average molecular weight is 406 g/mol. The van der Waals surface area contributed by atoms with E-state index in [1.165, 1.54) is 10.9 Å². The molecule has 0 spiro atoms. The number of imidazole rings is 1. The number of ether oxygens (including phenoxy) is 1. The number of allylic oxidation sites excluding steroid dienone is 1. The van der Waals surface area contributed by atoms with Crippen LogP contribution in [0.5, 0.6) is 5.88 Å². The van der Waals surface area contributed by atoms with Crippen LogP contribution in [0.3, 0.4) is 0 Å². The fraction of sp³-hybridized carbons (Fsp3) is 0.462. The lowest BCUT2D eigenvalue weighted by molar-refractivity contribution is -0.0345. The first-order chi connectivity index (χ1) is 12.4. The number of aliphatic hydroxyl groups excluding tert-OH is 3. The molecule has 27 heavy (non-hydrogen) atoms. The number of phosphoric acid groups is 1. The van der Waals surface area contributed by atoms with Gasteiger partial charge >= 0.3 is 7.82 Å².